The van der Waals surface area contributed by atoms with E-state index in [4.69, 9.17) is 16.0 Å². The normalized spacial score (nSPS) is 10.6. The number of aryl methyl sites for hydroxylation is 2. The van der Waals surface area contributed by atoms with Gasteiger partial charge in [-0.1, -0.05) is 18.2 Å². The molecule has 1 aromatic heterocycles. The molecule has 0 aliphatic heterocycles. The quantitative estimate of drug-likeness (QED) is 0.723. The van der Waals surface area contributed by atoms with Crippen LogP contribution in [0.1, 0.15) is 17.0 Å². The zero-order valence-electron chi connectivity index (χ0n) is 8.75. The third-order valence-corrected chi connectivity index (χ3v) is 2.63. The first-order valence-electron chi connectivity index (χ1n) is 4.80. The van der Waals surface area contributed by atoms with Crippen LogP contribution in [-0.2, 0) is 5.88 Å². The second kappa shape index (κ2) is 4.07. The molecule has 0 radical (unpaired) electrons. The van der Waals surface area contributed by atoms with Gasteiger partial charge in [0.1, 0.15) is 5.76 Å². The van der Waals surface area contributed by atoms with E-state index in [9.17, 15) is 0 Å². The summed E-state index contributed by atoms with van der Waals surface area (Å²) >= 11 is 5.74. The molecule has 0 fully saturated rings. The summed E-state index contributed by atoms with van der Waals surface area (Å²) in [4.78, 5) is 4.36. The Kier molecular flexibility index (Phi) is 2.78. The van der Waals surface area contributed by atoms with Gasteiger partial charge >= 0.3 is 0 Å². The van der Waals surface area contributed by atoms with Gasteiger partial charge in [-0.15, -0.1) is 11.6 Å². The topological polar surface area (TPSA) is 26.0 Å². The molecule has 1 aromatic carbocycles. The summed E-state index contributed by atoms with van der Waals surface area (Å²) in [6, 6.07) is 8.01. The monoisotopic (exact) mass is 221 g/mol. The van der Waals surface area contributed by atoms with Crippen LogP contribution >= 0.6 is 11.6 Å². The van der Waals surface area contributed by atoms with Gasteiger partial charge in [-0.05, 0) is 25.5 Å². The number of hydrogen-bond donors (Lipinski definition) is 0. The number of nitrogens with zero attached hydrogens (tertiary/aromatic N) is 1. The van der Waals surface area contributed by atoms with Crippen molar-refractivity contribution in [2.24, 2.45) is 0 Å². The average Bonchev–Trinajstić information content (AvgIpc) is 2.60. The summed E-state index contributed by atoms with van der Waals surface area (Å²) in [7, 11) is 0. The van der Waals surface area contributed by atoms with Crippen molar-refractivity contribution in [1.82, 2.24) is 4.98 Å². The molecule has 2 nitrogen and oxygen atoms in total. The second-order valence-corrected chi connectivity index (χ2v) is 3.74. The number of aromatic nitrogens is 1. The highest BCUT2D eigenvalue weighted by Gasteiger charge is 2.11. The van der Waals surface area contributed by atoms with Crippen LogP contribution in [0.25, 0.3) is 11.5 Å². The van der Waals surface area contributed by atoms with E-state index in [-0.39, 0.29) is 0 Å². The van der Waals surface area contributed by atoms with E-state index in [1.807, 2.05) is 38.1 Å². The molecule has 0 saturated heterocycles. The van der Waals surface area contributed by atoms with Crippen molar-refractivity contribution < 1.29 is 4.42 Å². The van der Waals surface area contributed by atoms with E-state index in [0.29, 0.717) is 11.8 Å². The predicted octanol–water partition coefficient (Wildman–Crippen LogP) is 3.70. The third kappa shape index (κ3) is 1.90. The summed E-state index contributed by atoms with van der Waals surface area (Å²) in [5.74, 6) is 1.77. The molecule has 2 rings (SSSR count). The fourth-order valence-electron chi connectivity index (χ4n) is 1.48. The highest BCUT2D eigenvalue weighted by molar-refractivity contribution is 6.16. The number of hydrogen-bond acceptors (Lipinski definition) is 2. The summed E-state index contributed by atoms with van der Waals surface area (Å²) in [5.41, 5.74) is 3.04. The van der Waals surface area contributed by atoms with Crippen LogP contribution < -0.4 is 0 Å². The molecule has 0 spiro atoms. The van der Waals surface area contributed by atoms with E-state index in [1.54, 1.807) is 0 Å². The number of rotatable bonds is 2. The summed E-state index contributed by atoms with van der Waals surface area (Å²) < 4.78 is 5.59. The third-order valence-electron chi connectivity index (χ3n) is 2.39. The number of benzene rings is 1. The second-order valence-electron chi connectivity index (χ2n) is 3.48. The van der Waals surface area contributed by atoms with Crippen LogP contribution in [0.15, 0.2) is 28.7 Å². The van der Waals surface area contributed by atoms with Crippen LogP contribution in [-0.4, -0.2) is 4.98 Å². The van der Waals surface area contributed by atoms with Crippen molar-refractivity contribution in [3.8, 4) is 11.5 Å². The van der Waals surface area contributed by atoms with Crippen LogP contribution in [0.4, 0.5) is 0 Å². The van der Waals surface area contributed by atoms with Gasteiger partial charge in [0.15, 0.2) is 0 Å². The standard InChI is InChI=1S/C12H12ClNO/c1-8-5-3-4-6-10(8)12-14-9(2)11(7-13)15-12/h3-6H,7H2,1-2H3. The Labute approximate surface area is 93.9 Å². The maximum Gasteiger partial charge on any atom is 0.226 e. The first-order valence-corrected chi connectivity index (χ1v) is 5.34. The molecule has 0 aliphatic rings. The molecule has 15 heavy (non-hydrogen) atoms. The SMILES string of the molecule is Cc1ccccc1-c1nc(C)c(CCl)o1. The van der Waals surface area contributed by atoms with Gasteiger partial charge in [0.05, 0.1) is 11.6 Å². The molecule has 0 saturated carbocycles. The Morgan fingerprint density at radius 1 is 1.27 bits per heavy atom. The Morgan fingerprint density at radius 3 is 2.60 bits per heavy atom. The first kappa shape index (κ1) is 10.2. The summed E-state index contributed by atoms with van der Waals surface area (Å²) in [6.45, 7) is 3.94. The lowest BCUT2D eigenvalue weighted by atomic mass is 10.1. The van der Waals surface area contributed by atoms with Crippen molar-refractivity contribution in [2.75, 3.05) is 0 Å². The molecule has 1 heterocycles. The molecule has 0 atom stereocenters. The molecule has 78 valence electrons. The van der Waals surface area contributed by atoms with Crippen molar-refractivity contribution in [3.63, 3.8) is 0 Å². The number of alkyl halides is 1. The maximum absolute atomic E-state index is 5.74. The minimum absolute atomic E-state index is 0.366. The molecular weight excluding hydrogens is 210 g/mol. The van der Waals surface area contributed by atoms with Gasteiger partial charge in [0.2, 0.25) is 5.89 Å². The van der Waals surface area contributed by atoms with Crippen molar-refractivity contribution in [1.29, 1.82) is 0 Å². The fourth-order valence-corrected chi connectivity index (χ4v) is 1.73. The molecule has 0 amide bonds. The average molecular weight is 222 g/mol. The van der Waals surface area contributed by atoms with E-state index < -0.39 is 0 Å². The Hall–Kier alpha value is -1.28. The molecule has 0 N–H and O–H groups in total. The minimum Gasteiger partial charge on any atom is -0.440 e. The highest BCUT2D eigenvalue weighted by Crippen LogP contribution is 2.25. The van der Waals surface area contributed by atoms with Gasteiger partial charge in [0.25, 0.3) is 0 Å². The van der Waals surface area contributed by atoms with Crippen LogP contribution in [0.5, 0.6) is 0 Å². The van der Waals surface area contributed by atoms with Gasteiger partial charge in [-0.3, -0.25) is 0 Å². The van der Waals surface area contributed by atoms with E-state index in [0.717, 1.165) is 22.6 Å². The van der Waals surface area contributed by atoms with Gasteiger partial charge in [0, 0.05) is 5.56 Å². The summed E-state index contributed by atoms with van der Waals surface area (Å²) in [5, 5.41) is 0. The summed E-state index contributed by atoms with van der Waals surface area (Å²) in [6.07, 6.45) is 0. The first-order chi connectivity index (χ1) is 7.22. The molecular formula is C12H12ClNO. The van der Waals surface area contributed by atoms with Gasteiger partial charge in [-0.2, -0.15) is 0 Å². The largest absolute Gasteiger partial charge is 0.440 e. The highest BCUT2D eigenvalue weighted by atomic mass is 35.5. The Balaban J connectivity index is 2.50. The van der Waals surface area contributed by atoms with Crippen LogP contribution in [0.2, 0.25) is 0 Å². The van der Waals surface area contributed by atoms with Gasteiger partial charge in [-0.25, -0.2) is 4.98 Å². The Morgan fingerprint density at radius 2 is 2.00 bits per heavy atom. The van der Waals surface area contributed by atoms with Crippen LogP contribution in [0.3, 0.4) is 0 Å². The lowest BCUT2D eigenvalue weighted by Crippen LogP contribution is -1.82. The van der Waals surface area contributed by atoms with E-state index in [1.165, 1.54) is 0 Å². The lowest BCUT2D eigenvalue weighted by Gasteiger charge is -1.99. The fraction of sp³-hybridized carbons (Fsp3) is 0.250. The molecule has 0 unspecified atom stereocenters. The van der Waals surface area contributed by atoms with Crippen LogP contribution in [0, 0.1) is 13.8 Å². The van der Waals surface area contributed by atoms with E-state index in [2.05, 4.69) is 4.98 Å². The Bertz CT molecular complexity index is 476. The molecule has 2 aromatic rings. The van der Waals surface area contributed by atoms with Gasteiger partial charge < -0.3 is 4.42 Å². The number of oxazole rings is 1. The number of halogens is 1. The molecule has 0 bridgehead atoms. The smallest absolute Gasteiger partial charge is 0.226 e. The zero-order valence-corrected chi connectivity index (χ0v) is 9.51. The zero-order chi connectivity index (χ0) is 10.8. The predicted molar refractivity (Wildman–Crippen MR) is 61.0 cm³/mol. The van der Waals surface area contributed by atoms with Crippen molar-refractivity contribution in [3.05, 3.63) is 41.3 Å². The lowest BCUT2D eigenvalue weighted by molar-refractivity contribution is 0.535. The molecule has 0 aliphatic carbocycles. The molecule has 3 heteroatoms. The van der Waals surface area contributed by atoms with Crippen molar-refractivity contribution in [2.45, 2.75) is 19.7 Å². The minimum atomic E-state index is 0.366. The van der Waals surface area contributed by atoms with Crippen molar-refractivity contribution >= 4 is 11.6 Å². The maximum atomic E-state index is 5.74. The van der Waals surface area contributed by atoms with E-state index >= 15 is 0 Å².